The van der Waals surface area contributed by atoms with E-state index in [4.69, 9.17) is 0 Å². The second kappa shape index (κ2) is 6.21. The Hall–Kier alpha value is -0.340. The summed E-state index contributed by atoms with van der Waals surface area (Å²) < 4.78 is 1.10. The molecule has 0 spiro atoms. The van der Waals surface area contributed by atoms with Gasteiger partial charge in [0.2, 0.25) is 0 Å². The van der Waals surface area contributed by atoms with Crippen LogP contribution >= 0.6 is 15.9 Å². The minimum absolute atomic E-state index is 0.295. The molecule has 1 aromatic carbocycles. The summed E-state index contributed by atoms with van der Waals surface area (Å²) in [5, 5.41) is 10.6. The number of hydrogen-bond acceptors (Lipinski definition) is 1. The van der Waals surface area contributed by atoms with Crippen molar-refractivity contribution in [3.63, 3.8) is 0 Å². The number of halogens is 1. The molecule has 0 aliphatic heterocycles. The van der Waals surface area contributed by atoms with E-state index in [0.717, 1.165) is 16.0 Å². The maximum absolute atomic E-state index is 10.6. The van der Waals surface area contributed by atoms with Gasteiger partial charge in [0, 0.05) is 4.47 Å². The van der Waals surface area contributed by atoms with Crippen LogP contribution in [0.5, 0.6) is 0 Å². The van der Waals surface area contributed by atoms with Gasteiger partial charge in [0.25, 0.3) is 0 Å². The number of benzene rings is 1. The maximum Gasteiger partial charge on any atom is 0.0818 e. The van der Waals surface area contributed by atoms with Gasteiger partial charge in [-0.3, -0.25) is 0 Å². The highest BCUT2D eigenvalue weighted by molar-refractivity contribution is 9.10. The smallest absolute Gasteiger partial charge is 0.0818 e. The van der Waals surface area contributed by atoms with E-state index < -0.39 is 0 Å². The Morgan fingerprint density at radius 2 is 2.17 bits per heavy atom. The van der Waals surface area contributed by atoms with Gasteiger partial charge in [-0.1, -0.05) is 54.2 Å². The first-order valence-electron chi connectivity index (χ1n) is 7.06. The summed E-state index contributed by atoms with van der Waals surface area (Å²) in [7, 11) is 0. The van der Waals surface area contributed by atoms with Crippen LogP contribution < -0.4 is 0 Å². The summed E-state index contributed by atoms with van der Waals surface area (Å²) in [6.07, 6.45) is 5.92. The minimum atomic E-state index is -0.295. The lowest BCUT2D eigenvalue weighted by Crippen LogP contribution is -2.21. The standard InChI is InChI=1S/C16H23BrO/c1-3-12-5-4-6-13(9-12)16(18)14-8-7-11(2)15(17)10-14/h7-8,10,12-13,16,18H,3-6,9H2,1-2H3. The Balaban J connectivity index is 2.10. The molecule has 1 fully saturated rings. The maximum atomic E-state index is 10.6. The van der Waals surface area contributed by atoms with Crippen molar-refractivity contribution in [3.05, 3.63) is 33.8 Å². The fourth-order valence-corrected chi connectivity index (χ4v) is 3.45. The van der Waals surface area contributed by atoms with Gasteiger partial charge in [0.15, 0.2) is 0 Å². The van der Waals surface area contributed by atoms with E-state index in [0.29, 0.717) is 5.92 Å². The molecule has 2 rings (SSSR count). The van der Waals surface area contributed by atoms with Crippen molar-refractivity contribution >= 4 is 15.9 Å². The average molecular weight is 311 g/mol. The third-order valence-corrected chi connectivity index (χ3v) is 5.24. The summed E-state index contributed by atoms with van der Waals surface area (Å²) >= 11 is 3.55. The third-order valence-electron chi connectivity index (χ3n) is 4.38. The molecule has 0 bridgehead atoms. The van der Waals surface area contributed by atoms with Crippen molar-refractivity contribution in [2.45, 2.75) is 52.1 Å². The molecule has 3 unspecified atom stereocenters. The average Bonchev–Trinajstić information content (AvgIpc) is 2.41. The molecule has 0 saturated heterocycles. The highest BCUT2D eigenvalue weighted by Gasteiger charge is 2.27. The summed E-state index contributed by atoms with van der Waals surface area (Å²) in [5.74, 6) is 1.26. The molecule has 18 heavy (non-hydrogen) atoms. The highest BCUT2D eigenvalue weighted by atomic mass is 79.9. The van der Waals surface area contributed by atoms with Crippen LogP contribution in [0.4, 0.5) is 0 Å². The molecule has 0 heterocycles. The number of aliphatic hydroxyl groups is 1. The van der Waals surface area contributed by atoms with E-state index in [9.17, 15) is 5.11 Å². The zero-order chi connectivity index (χ0) is 13.1. The summed E-state index contributed by atoms with van der Waals surface area (Å²) in [6.45, 7) is 4.34. The molecule has 0 aromatic heterocycles. The predicted molar refractivity (Wildman–Crippen MR) is 79.6 cm³/mol. The van der Waals surface area contributed by atoms with Crippen LogP contribution in [0.25, 0.3) is 0 Å². The molecule has 2 heteroatoms. The topological polar surface area (TPSA) is 20.2 Å². The number of hydrogen-bond donors (Lipinski definition) is 1. The Kier molecular flexibility index (Phi) is 4.85. The lowest BCUT2D eigenvalue weighted by molar-refractivity contribution is 0.0677. The van der Waals surface area contributed by atoms with Crippen LogP contribution in [0.15, 0.2) is 22.7 Å². The number of aryl methyl sites for hydroxylation is 1. The molecular formula is C16H23BrO. The van der Waals surface area contributed by atoms with Crippen LogP contribution in [0.1, 0.15) is 56.3 Å². The molecule has 100 valence electrons. The molecule has 1 aromatic rings. The molecule has 0 radical (unpaired) electrons. The molecule has 1 N–H and O–H groups in total. The van der Waals surface area contributed by atoms with Gasteiger partial charge in [0.1, 0.15) is 0 Å². The van der Waals surface area contributed by atoms with Crippen LogP contribution in [-0.2, 0) is 0 Å². The first kappa shape index (κ1) is 14.1. The molecular weight excluding hydrogens is 288 g/mol. The van der Waals surface area contributed by atoms with Gasteiger partial charge in [-0.25, -0.2) is 0 Å². The molecule has 1 nitrogen and oxygen atoms in total. The van der Waals surface area contributed by atoms with E-state index in [1.165, 1.54) is 37.7 Å². The van der Waals surface area contributed by atoms with E-state index in [-0.39, 0.29) is 6.10 Å². The van der Waals surface area contributed by atoms with Crippen molar-refractivity contribution in [1.29, 1.82) is 0 Å². The Bertz CT molecular complexity index is 402. The van der Waals surface area contributed by atoms with Crippen molar-refractivity contribution in [1.82, 2.24) is 0 Å². The fraction of sp³-hybridized carbons (Fsp3) is 0.625. The number of aliphatic hydroxyl groups excluding tert-OH is 1. The summed E-state index contributed by atoms with van der Waals surface area (Å²) in [5.41, 5.74) is 2.29. The first-order chi connectivity index (χ1) is 8.61. The van der Waals surface area contributed by atoms with Crippen molar-refractivity contribution in [2.75, 3.05) is 0 Å². The minimum Gasteiger partial charge on any atom is -0.388 e. The summed E-state index contributed by atoms with van der Waals surface area (Å²) in [6, 6.07) is 6.23. The second-order valence-corrected chi connectivity index (χ2v) is 6.51. The Morgan fingerprint density at radius 1 is 1.39 bits per heavy atom. The van der Waals surface area contributed by atoms with E-state index in [1.54, 1.807) is 0 Å². The largest absolute Gasteiger partial charge is 0.388 e. The van der Waals surface area contributed by atoms with Crippen molar-refractivity contribution < 1.29 is 5.11 Å². The fourth-order valence-electron chi connectivity index (χ4n) is 3.06. The summed E-state index contributed by atoms with van der Waals surface area (Å²) in [4.78, 5) is 0. The van der Waals surface area contributed by atoms with Crippen LogP contribution in [0, 0.1) is 18.8 Å². The van der Waals surface area contributed by atoms with Crippen molar-refractivity contribution in [3.8, 4) is 0 Å². The normalized spacial score (nSPS) is 26.0. The van der Waals surface area contributed by atoms with Crippen LogP contribution in [0.3, 0.4) is 0 Å². The monoisotopic (exact) mass is 310 g/mol. The number of rotatable bonds is 3. The lowest BCUT2D eigenvalue weighted by Gasteiger charge is -2.32. The van der Waals surface area contributed by atoms with Gasteiger partial charge in [-0.2, -0.15) is 0 Å². The Morgan fingerprint density at radius 3 is 2.83 bits per heavy atom. The lowest BCUT2D eigenvalue weighted by atomic mass is 9.76. The van der Waals surface area contributed by atoms with Gasteiger partial charge in [0.05, 0.1) is 6.10 Å². The van der Waals surface area contributed by atoms with E-state index in [1.807, 2.05) is 0 Å². The molecule has 1 aliphatic carbocycles. The SMILES string of the molecule is CCC1CCCC(C(O)c2ccc(C)c(Br)c2)C1. The zero-order valence-electron chi connectivity index (χ0n) is 11.3. The second-order valence-electron chi connectivity index (χ2n) is 5.65. The Labute approximate surface area is 119 Å². The van der Waals surface area contributed by atoms with Crippen LogP contribution in [0.2, 0.25) is 0 Å². The quantitative estimate of drug-likeness (QED) is 0.832. The van der Waals surface area contributed by atoms with Gasteiger partial charge < -0.3 is 5.11 Å². The molecule has 3 atom stereocenters. The van der Waals surface area contributed by atoms with E-state index >= 15 is 0 Å². The predicted octanol–water partition coefficient (Wildman–Crippen LogP) is 5.01. The molecule has 0 amide bonds. The van der Waals surface area contributed by atoms with Gasteiger partial charge >= 0.3 is 0 Å². The van der Waals surface area contributed by atoms with Gasteiger partial charge in [-0.05, 0) is 48.8 Å². The first-order valence-corrected chi connectivity index (χ1v) is 7.85. The molecule has 1 saturated carbocycles. The van der Waals surface area contributed by atoms with Crippen molar-refractivity contribution in [2.24, 2.45) is 11.8 Å². The zero-order valence-corrected chi connectivity index (χ0v) is 12.9. The van der Waals surface area contributed by atoms with E-state index in [2.05, 4.69) is 48.0 Å². The van der Waals surface area contributed by atoms with Crippen LogP contribution in [-0.4, -0.2) is 5.11 Å². The third kappa shape index (κ3) is 3.16. The highest BCUT2D eigenvalue weighted by Crippen LogP contribution is 2.39. The van der Waals surface area contributed by atoms with Gasteiger partial charge in [-0.15, -0.1) is 0 Å². The molecule has 1 aliphatic rings.